The van der Waals surface area contributed by atoms with E-state index in [4.69, 9.17) is 9.15 Å². The normalized spacial score (nSPS) is 13.9. The van der Waals surface area contributed by atoms with Gasteiger partial charge in [-0.05, 0) is 26.0 Å². The van der Waals surface area contributed by atoms with Crippen LogP contribution >= 0.6 is 0 Å². The van der Waals surface area contributed by atoms with Gasteiger partial charge in [-0.15, -0.1) is 0 Å². The van der Waals surface area contributed by atoms with Gasteiger partial charge in [0.25, 0.3) is 0 Å². The van der Waals surface area contributed by atoms with Gasteiger partial charge in [-0.1, -0.05) is 0 Å². The maximum Gasteiger partial charge on any atom is 0.226 e. The lowest BCUT2D eigenvalue weighted by molar-refractivity contribution is 0.0466. The Morgan fingerprint density at radius 3 is 2.84 bits per heavy atom. The van der Waals surface area contributed by atoms with Crippen LogP contribution in [0.25, 0.3) is 0 Å². The van der Waals surface area contributed by atoms with E-state index < -0.39 is 5.60 Å². The fourth-order valence-corrected chi connectivity index (χ4v) is 1.60. The van der Waals surface area contributed by atoms with E-state index in [1.165, 1.54) is 7.11 Å². The van der Waals surface area contributed by atoms with Crippen molar-refractivity contribution in [2.75, 3.05) is 19.0 Å². The maximum atomic E-state index is 10.3. The Morgan fingerprint density at radius 2 is 2.21 bits per heavy atom. The minimum atomic E-state index is -1.14. The molecule has 2 aromatic rings. The average molecular weight is 263 g/mol. The summed E-state index contributed by atoms with van der Waals surface area (Å²) in [5.74, 6) is 2.11. The summed E-state index contributed by atoms with van der Waals surface area (Å²) in [6.07, 6.45) is 1.58. The van der Waals surface area contributed by atoms with Gasteiger partial charge < -0.3 is 19.6 Å². The van der Waals surface area contributed by atoms with Crippen molar-refractivity contribution in [2.45, 2.75) is 19.4 Å². The molecule has 2 aromatic heterocycles. The summed E-state index contributed by atoms with van der Waals surface area (Å²) < 4.78 is 10.4. The van der Waals surface area contributed by atoms with Crippen molar-refractivity contribution in [3.8, 4) is 5.88 Å². The van der Waals surface area contributed by atoms with Crippen LogP contribution < -0.4 is 10.1 Å². The predicted octanol–water partition coefficient (Wildman–Crippen LogP) is 1.71. The number of hydrogen-bond donors (Lipinski definition) is 2. The van der Waals surface area contributed by atoms with Gasteiger partial charge in [0.15, 0.2) is 0 Å². The van der Waals surface area contributed by atoms with Gasteiger partial charge in [-0.25, -0.2) is 4.98 Å². The third-order valence-corrected chi connectivity index (χ3v) is 2.70. The van der Waals surface area contributed by atoms with Gasteiger partial charge in [0.1, 0.15) is 17.1 Å². The lowest BCUT2D eigenvalue weighted by Crippen LogP contribution is -2.30. The molecule has 0 aliphatic heterocycles. The smallest absolute Gasteiger partial charge is 0.226 e. The third kappa shape index (κ3) is 3.23. The van der Waals surface area contributed by atoms with Crippen molar-refractivity contribution >= 4 is 5.95 Å². The number of aliphatic hydroxyl groups is 1. The molecule has 0 amide bonds. The molecule has 0 saturated heterocycles. The van der Waals surface area contributed by atoms with E-state index in [2.05, 4.69) is 15.3 Å². The Kier molecular flexibility index (Phi) is 3.71. The zero-order valence-electron chi connectivity index (χ0n) is 11.2. The molecule has 0 aliphatic rings. The second-order valence-corrected chi connectivity index (χ2v) is 4.46. The Hall–Kier alpha value is -2.08. The SMILES string of the molecule is COc1ccnc(NCC(C)(O)c2ccc(C)o2)n1. The molecule has 0 radical (unpaired) electrons. The molecule has 1 atom stereocenters. The van der Waals surface area contributed by atoms with E-state index in [1.807, 2.05) is 13.0 Å². The minimum Gasteiger partial charge on any atom is -0.481 e. The summed E-state index contributed by atoms with van der Waals surface area (Å²) >= 11 is 0. The predicted molar refractivity (Wildman–Crippen MR) is 70.1 cm³/mol. The Balaban J connectivity index is 2.04. The molecule has 0 saturated carbocycles. The first-order chi connectivity index (χ1) is 9.01. The van der Waals surface area contributed by atoms with E-state index >= 15 is 0 Å². The van der Waals surface area contributed by atoms with Gasteiger partial charge in [-0.2, -0.15) is 4.98 Å². The van der Waals surface area contributed by atoms with Gasteiger partial charge >= 0.3 is 0 Å². The number of methoxy groups -OCH3 is 1. The molecule has 2 N–H and O–H groups in total. The summed E-state index contributed by atoms with van der Waals surface area (Å²) in [6, 6.07) is 5.22. The Labute approximate surface area is 111 Å². The summed E-state index contributed by atoms with van der Waals surface area (Å²) in [7, 11) is 1.54. The third-order valence-electron chi connectivity index (χ3n) is 2.70. The first kappa shape index (κ1) is 13.4. The van der Waals surface area contributed by atoms with Crippen LogP contribution in [-0.2, 0) is 5.60 Å². The quantitative estimate of drug-likeness (QED) is 0.854. The number of aromatic nitrogens is 2. The average Bonchev–Trinajstić information content (AvgIpc) is 2.84. The zero-order valence-corrected chi connectivity index (χ0v) is 11.2. The molecule has 6 heteroatoms. The van der Waals surface area contributed by atoms with Crippen molar-refractivity contribution < 1.29 is 14.3 Å². The largest absolute Gasteiger partial charge is 0.481 e. The van der Waals surface area contributed by atoms with Crippen LogP contribution in [0.2, 0.25) is 0 Å². The summed E-state index contributed by atoms with van der Waals surface area (Å²) in [4.78, 5) is 8.15. The van der Waals surface area contributed by atoms with Crippen LogP contribution in [0, 0.1) is 6.92 Å². The molecule has 0 fully saturated rings. The highest BCUT2D eigenvalue weighted by Gasteiger charge is 2.26. The van der Waals surface area contributed by atoms with E-state index in [-0.39, 0.29) is 6.54 Å². The fraction of sp³-hybridized carbons (Fsp3) is 0.385. The van der Waals surface area contributed by atoms with Crippen molar-refractivity contribution in [1.82, 2.24) is 9.97 Å². The molecule has 0 spiro atoms. The van der Waals surface area contributed by atoms with E-state index in [0.717, 1.165) is 5.76 Å². The first-order valence-corrected chi connectivity index (χ1v) is 5.91. The topological polar surface area (TPSA) is 80.4 Å². The molecule has 2 rings (SSSR count). The highest BCUT2D eigenvalue weighted by atomic mass is 16.5. The molecule has 1 unspecified atom stereocenters. The molecule has 19 heavy (non-hydrogen) atoms. The van der Waals surface area contributed by atoms with Crippen LogP contribution in [0.5, 0.6) is 5.88 Å². The molecular formula is C13H17N3O3. The molecule has 0 aliphatic carbocycles. The fourth-order valence-electron chi connectivity index (χ4n) is 1.60. The van der Waals surface area contributed by atoms with Crippen LogP contribution in [0.4, 0.5) is 5.95 Å². The van der Waals surface area contributed by atoms with Gasteiger partial charge in [0.2, 0.25) is 11.8 Å². The van der Waals surface area contributed by atoms with Crippen LogP contribution in [0.3, 0.4) is 0 Å². The number of hydrogen-bond acceptors (Lipinski definition) is 6. The van der Waals surface area contributed by atoms with Crippen LogP contribution in [0.15, 0.2) is 28.8 Å². The second kappa shape index (κ2) is 5.27. The van der Waals surface area contributed by atoms with Crippen molar-refractivity contribution in [3.63, 3.8) is 0 Å². The molecule has 0 aromatic carbocycles. The second-order valence-electron chi connectivity index (χ2n) is 4.46. The van der Waals surface area contributed by atoms with Crippen LogP contribution in [-0.4, -0.2) is 28.7 Å². The molecule has 2 heterocycles. The van der Waals surface area contributed by atoms with Crippen LogP contribution in [0.1, 0.15) is 18.4 Å². The zero-order chi connectivity index (χ0) is 13.9. The van der Waals surface area contributed by atoms with Gasteiger partial charge in [0, 0.05) is 12.3 Å². The monoisotopic (exact) mass is 263 g/mol. The number of nitrogens with zero attached hydrogens (tertiary/aromatic N) is 2. The lowest BCUT2D eigenvalue weighted by Gasteiger charge is -2.21. The van der Waals surface area contributed by atoms with Gasteiger partial charge in [0.05, 0.1) is 13.7 Å². The Bertz CT molecular complexity index is 552. The maximum absolute atomic E-state index is 10.3. The number of rotatable bonds is 5. The number of aryl methyl sites for hydroxylation is 1. The van der Waals surface area contributed by atoms with Crippen molar-refractivity contribution in [3.05, 3.63) is 35.9 Å². The highest BCUT2D eigenvalue weighted by Crippen LogP contribution is 2.23. The molecular weight excluding hydrogens is 246 g/mol. The molecule has 0 bridgehead atoms. The summed E-state index contributed by atoms with van der Waals surface area (Å²) in [5, 5.41) is 13.3. The lowest BCUT2D eigenvalue weighted by atomic mass is 10.0. The van der Waals surface area contributed by atoms with Gasteiger partial charge in [-0.3, -0.25) is 0 Å². The van der Waals surface area contributed by atoms with E-state index in [1.54, 1.807) is 25.3 Å². The van der Waals surface area contributed by atoms with E-state index in [0.29, 0.717) is 17.6 Å². The van der Waals surface area contributed by atoms with E-state index in [9.17, 15) is 5.11 Å². The number of furan rings is 1. The first-order valence-electron chi connectivity index (χ1n) is 5.91. The summed E-state index contributed by atoms with van der Waals surface area (Å²) in [5.41, 5.74) is -1.14. The Morgan fingerprint density at radius 1 is 1.42 bits per heavy atom. The highest BCUT2D eigenvalue weighted by molar-refractivity contribution is 5.29. The summed E-state index contributed by atoms with van der Waals surface area (Å²) in [6.45, 7) is 3.73. The number of anilines is 1. The van der Waals surface area contributed by atoms with Crippen molar-refractivity contribution in [2.24, 2.45) is 0 Å². The minimum absolute atomic E-state index is 0.229. The number of ether oxygens (including phenoxy) is 1. The van der Waals surface area contributed by atoms with Crippen molar-refractivity contribution in [1.29, 1.82) is 0 Å². The molecule has 102 valence electrons. The number of nitrogens with one attached hydrogen (secondary N) is 1. The molecule has 6 nitrogen and oxygen atoms in total. The standard InChI is InChI=1S/C13H17N3O3/c1-9-4-5-10(19-9)13(2,17)8-15-12-14-7-6-11(16-12)18-3/h4-7,17H,8H2,1-3H3,(H,14,15,16).